The minimum atomic E-state index is -0.430. The highest BCUT2D eigenvalue weighted by molar-refractivity contribution is 5.97. The first-order chi connectivity index (χ1) is 8.70. The first-order valence-electron chi connectivity index (χ1n) is 5.95. The highest BCUT2D eigenvalue weighted by Gasteiger charge is 2.23. The number of carbonyl (C=O) groups excluding carboxylic acids is 1. The minimum absolute atomic E-state index is 0.106. The molecule has 0 aliphatic carbocycles. The van der Waals surface area contributed by atoms with E-state index in [0.29, 0.717) is 6.67 Å². The Morgan fingerprint density at radius 2 is 2.33 bits per heavy atom. The molecule has 1 aromatic carbocycles. The smallest absolute Gasteiger partial charge is 0.265 e. The van der Waals surface area contributed by atoms with Gasteiger partial charge in [-0.1, -0.05) is 6.07 Å². The Labute approximate surface area is 106 Å². The Balaban J connectivity index is 1.99. The molecule has 6 heteroatoms. The van der Waals surface area contributed by atoms with Gasteiger partial charge in [-0.05, 0) is 31.0 Å². The van der Waals surface area contributed by atoms with Crippen molar-refractivity contribution in [2.45, 2.75) is 19.4 Å². The second kappa shape index (κ2) is 5.81. The summed E-state index contributed by atoms with van der Waals surface area (Å²) in [5.74, 6) is 5.77. The topological polar surface area (TPSA) is 88.4 Å². The summed E-state index contributed by atoms with van der Waals surface area (Å²) in [6.45, 7) is 3.12. The monoisotopic (exact) mass is 250 g/mol. The van der Waals surface area contributed by atoms with Crippen molar-refractivity contribution in [1.29, 1.82) is 0 Å². The van der Waals surface area contributed by atoms with Crippen LogP contribution >= 0.6 is 0 Å². The number of nitrogens with one attached hydrogen (secondary N) is 3. The average Bonchev–Trinajstić information content (AvgIpc) is 2.36. The number of hydrogen-bond acceptors (Lipinski definition) is 5. The van der Waals surface area contributed by atoms with Crippen LogP contribution in [0.5, 0.6) is 5.75 Å². The third-order valence-corrected chi connectivity index (χ3v) is 2.79. The summed E-state index contributed by atoms with van der Waals surface area (Å²) in [7, 11) is 0. The lowest BCUT2D eigenvalue weighted by molar-refractivity contribution is -0.122. The maximum Gasteiger partial charge on any atom is 0.265 e. The molecule has 5 N–H and O–H groups in total. The van der Waals surface area contributed by atoms with Gasteiger partial charge in [-0.2, -0.15) is 0 Å². The molecule has 0 fully saturated rings. The van der Waals surface area contributed by atoms with Crippen LogP contribution in [0.25, 0.3) is 0 Å². The molecular weight excluding hydrogens is 232 g/mol. The molecule has 1 aliphatic heterocycles. The second-order valence-electron chi connectivity index (χ2n) is 4.21. The van der Waals surface area contributed by atoms with E-state index in [1.807, 2.05) is 18.2 Å². The molecule has 1 aromatic rings. The van der Waals surface area contributed by atoms with E-state index in [-0.39, 0.29) is 5.91 Å². The molecule has 0 saturated carbocycles. The molecule has 98 valence electrons. The Morgan fingerprint density at radius 3 is 3.11 bits per heavy atom. The van der Waals surface area contributed by atoms with Gasteiger partial charge in [-0.3, -0.25) is 10.6 Å². The molecule has 0 bridgehead atoms. The quantitative estimate of drug-likeness (QED) is 0.255. The zero-order chi connectivity index (χ0) is 13.0. The lowest BCUT2D eigenvalue weighted by Gasteiger charge is -2.23. The van der Waals surface area contributed by atoms with Gasteiger partial charge in [0.25, 0.3) is 5.91 Å². The largest absolute Gasteiger partial charge is 0.479 e. The van der Waals surface area contributed by atoms with E-state index in [9.17, 15) is 4.79 Å². The summed E-state index contributed by atoms with van der Waals surface area (Å²) < 4.78 is 5.49. The van der Waals surface area contributed by atoms with E-state index in [1.54, 1.807) is 6.92 Å². The van der Waals surface area contributed by atoms with E-state index >= 15 is 0 Å². The van der Waals surface area contributed by atoms with Crippen LogP contribution in [0, 0.1) is 0 Å². The van der Waals surface area contributed by atoms with Crippen molar-refractivity contribution in [3.05, 3.63) is 23.8 Å². The Bertz CT molecular complexity index is 436. The molecule has 0 saturated heterocycles. The van der Waals surface area contributed by atoms with Crippen molar-refractivity contribution in [3.63, 3.8) is 0 Å². The summed E-state index contributed by atoms with van der Waals surface area (Å²) in [4.78, 5) is 11.5. The molecule has 1 unspecified atom stereocenters. The molecule has 1 amide bonds. The van der Waals surface area contributed by atoms with Crippen molar-refractivity contribution in [3.8, 4) is 5.75 Å². The fraction of sp³-hybridized carbons (Fsp3) is 0.417. The van der Waals surface area contributed by atoms with Gasteiger partial charge < -0.3 is 15.4 Å². The predicted octanol–water partition coefficient (Wildman–Crippen LogP) is -0.0411. The number of fused-ring (bicyclic) bond motifs is 1. The van der Waals surface area contributed by atoms with Crippen LogP contribution in [-0.4, -0.2) is 25.2 Å². The Kier molecular flexibility index (Phi) is 4.14. The standard InChI is InChI=1S/C12H18N4O2/c1-8-12(17)16-10-6-9(2-3-11(10)18-8)4-5-14-7-15-13/h2-3,6,8,14-15H,4-5,7,13H2,1H3,(H,16,17). The maximum atomic E-state index is 11.5. The molecular formula is C12H18N4O2. The SMILES string of the molecule is CC1Oc2ccc(CCNCNN)cc2NC1=O. The van der Waals surface area contributed by atoms with Gasteiger partial charge in [0.2, 0.25) is 0 Å². The normalized spacial score (nSPS) is 17.9. The van der Waals surface area contributed by atoms with Crippen LogP contribution in [0.15, 0.2) is 18.2 Å². The first-order valence-corrected chi connectivity index (χ1v) is 5.95. The summed E-state index contributed by atoms with van der Waals surface area (Å²) >= 11 is 0. The summed E-state index contributed by atoms with van der Waals surface area (Å²) in [5, 5.41) is 5.96. The number of benzene rings is 1. The van der Waals surface area contributed by atoms with Crippen molar-refractivity contribution >= 4 is 11.6 Å². The van der Waals surface area contributed by atoms with Crippen molar-refractivity contribution in [2.24, 2.45) is 5.84 Å². The highest BCUT2D eigenvalue weighted by Crippen LogP contribution is 2.30. The van der Waals surface area contributed by atoms with Gasteiger partial charge in [0.05, 0.1) is 12.4 Å². The van der Waals surface area contributed by atoms with E-state index in [1.165, 1.54) is 0 Å². The maximum absolute atomic E-state index is 11.5. The Hall–Kier alpha value is -1.63. The van der Waals surface area contributed by atoms with Crippen molar-refractivity contribution in [1.82, 2.24) is 10.7 Å². The third-order valence-electron chi connectivity index (χ3n) is 2.79. The Morgan fingerprint density at radius 1 is 1.50 bits per heavy atom. The minimum Gasteiger partial charge on any atom is -0.479 e. The van der Waals surface area contributed by atoms with Gasteiger partial charge >= 0.3 is 0 Å². The number of anilines is 1. The average molecular weight is 250 g/mol. The van der Waals surface area contributed by atoms with Gasteiger partial charge in [0.1, 0.15) is 5.75 Å². The van der Waals surface area contributed by atoms with Gasteiger partial charge in [-0.25, -0.2) is 5.43 Å². The van der Waals surface area contributed by atoms with Gasteiger partial charge in [-0.15, -0.1) is 0 Å². The molecule has 2 rings (SSSR count). The highest BCUT2D eigenvalue weighted by atomic mass is 16.5. The fourth-order valence-corrected chi connectivity index (χ4v) is 1.80. The second-order valence-corrected chi connectivity index (χ2v) is 4.21. The fourth-order valence-electron chi connectivity index (χ4n) is 1.80. The molecule has 0 radical (unpaired) electrons. The van der Waals surface area contributed by atoms with Crippen LogP contribution in [0.4, 0.5) is 5.69 Å². The third kappa shape index (κ3) is 2.98. The van der Waals surface area contributed by atoms with Crippen molar-refractivity contribution < 1.29 is 9.53 Å². The number of nitrogens with two attached hydrogens (primary N) is 1. The van der Waals surface area contributed by atoms with E-state index in [4.69, 9.17) is 10.6 Å². The molecule has 0 spiro atoms. The summed E-state index contributed by atoms with van der Waals surface area (Å²) in [6, 6.07) is 5.83. The number of carbonyl (C=O) groups is 1. The first kappa shape index (κ1) is 12.8. The van der Waals surface area contributed by atoms with Crippen LogP contribution in [0.2, 0.25) is 0 Å². The molecule has 1 aliphatic rings. The number of ether oxygens (including phenoxy) is 1. The summed E-state index contributed by atoms with van der Waals surface area (Å²) in [5.41, 5.74) is 4.41. The molecule has 1 heterocycles. The molecule has 0 aromatic heterocycles. The molecule has 18 heavy (non-hydrogen) atoms. The molecule has 1 atom stereocenters. The number of rotatable bonds is 5. The zero-order valence-corrected chi connectivity index (χ0v) is 10.3. The van der Waals surface area contributed by atoms with Gasteiger partial charge in [0, 0.05) is 6.54 Å². The van der Waals surface area contributed by atoms with E-state index in [2.05, 4.69) is 16.1 Å². The van der Waals surface area contributed by atoms with Crippen LogP contribution in [-0.2, 0) is 11.2 Å². The summed E-state index contributed by atoms with van der Waals surface area (Å²) in [6.07, 6.45) is 0.432. The van der Waals surface area contributed by atoms with Crippen LogP contribution in [0.1, 0.15) is 12.5 Å². The van der Waals surface area contributed by atoms with E-state index < -0.39 is 6.10 Å². The predicted molar refractivity (Wildman–Crippen MR) is 69.1 cm³/mol. The zero-order valence-electron chi connectivity index (χ0n) is 10.3. The van der Waals surface area contributed by atoms with Crippen LogP contribution < -0.4 is 26.6 Å². The van der Waals surface area contributed by atoms with E-state index in [0.717, 1.165) is 30.0 Å². The lowest BCUT2D eigenvalue weighted by atomic mass is 10.1. The van der Waals surface area contributed by atoms with Crippen LogP contribution in [0.3, 0.4) is 0 Å². The van der Waals surface area contributed by atoms with Gasteiger partial charge in [0.15, 0.2) is 6.10 Å². The molecule has 6 nitrogen and oxygen atoms in total. The number of hydrogen-bond donors (Lipinski definition) is 4. The number of amides is 1. The van der Waals surface area contributed by atoms with Crippen molar-refractivity contribution in [2.75, 3.05) is 18.5 Å². The number of hydrazine groups is 1. The lowest BCUT2D eigenvalue weighted by Crippen LogP contribution is -2.35.